The van der Waals surface area contributed by atoms with Gasteiger partial charge in [-0.05, 0) is 0 Å². The number of halogens is 2. The quantitative estimate of drug-likeness (QED) is 0.155. The Bertz CT molecular complexity index is 3120. The van der Waals surface area contributed by atoms with E-state index in [1.54, 1.807) is 0 Å². The molecule has 0 saturated carbocycles. The number of fused-ring (bicyclic) bond motifs is 4. The van der Waals surface area contributed by atoms with Crippen LogP contribution >= 0.6 is 17.0 Å². The van der Waals surface area contributed by atoms with Crippen molar-refractivity contribution in [1.82, 2.24) is 0 Å². The average Bonchev–Trinajstić information content (AvgIpc) is 4.06. The molecule has 6 heteroatoms. The summed E-state index contributed by atoms with van der Waals surface area (Å²) in [4.78, 5) is 0. The van der Waals surface area contributed by atoms with E-state index in [2.05, 4.69) is 202 Å². The van der Waals surface area contributed by atoms with Crippen LogP contribution in [0.5, 0.6) is 0 Å². The third-order valence-corrected chi connectivity index (χ3v) is 60.7. The third-order valence-electron chi connectivity index (χ3n) is 14.5. The molecule has 0 aliphatic heterocycles. The van der Waals surface area contributed by atoms with E-state index in [9.17, 15) is 17.0 Å². The summed E-state index contributed by atoms with van der Waals surface area (Å²) >= 11 is -5.58. The van der Waals surface area contributed by atoms with E-state index in [0.29, 0.717) is 0 Å². The first-order valence-corrected chi connectivity index (χ1v) is 37.9. The first kappa shape index (κ1) is 43.5. The molecule has 2 heterocycles. The molecule has 2 aromatic heterocycles. The van der Waals surface area contributed by atoms with Gasteiger partial charge in [0.2, 0.25) is 0 Å². The summed E-state index contributed by atoms with van der Waals surface area (Å²) in [5, 5.41) is 4.27. The van der Waals surface area contributed by atoms with Crippen molar-refractivity contribution in [2.24, 2.45) is 0 Å². The van der Waals surface area contributed by atoms with Gasteiger partial charge >= 0.3 is 390 Å². The Morgan fingerprint density at radius 1 is 0.500 bits per heavy atom. The fraction of sp³-hybridized carbons (Fsp3) is 0.241. The Balaban J connectivity index is 1.28. The van der Waals surface area contributed by atoms with Crippen molar-refractivity contribution in [2.75, 3.05) is 0 Å². The van der Waals surface area contributed by atoms with Gasteiger partial charge in [-0.1, -0.05) is 0 Å². The van der Waals surface area contributed by atoms with Crippen LogP contribution in [0.3, 0.4) is 0 Å². The Morgan fingerprint density at radius 2 is 0.875 bits per heavy atom. The molecule has 0 N–H and O–H groups in total. The Labute approximate surface area is 386 Å². The van der Waals surface area contributed by atoms with Crippen LogP contribution < -0.4 is 0 Å². The summed E-state index contributed by atoms with van der Waals surface area (Å²) in [6, 6.07) is 44.5. The Morgan fingerprint density at radius 3 is 1.23 bits per heavy atom. The van der Waals surface area contributed by atoms with Crippen LogP contribution in [0.4, 0.5) is 0 Å². The third kappa shape index (κ3) is 6.72. The van der Waals surface area contributed by atoms with Crippen molar-refractivity contribution in [1.29, 1.82) is 0 Å². The molecule has 10 rings (SSSR count). The zero-order valence-electron chi connectivity index (χ0n) is 38.6. The van der Waals surface area contributed by atoms with E-state index in [1.165, 1.54) is 66.8 Å². The predicted molar refractivity (Wildman–Crippen MR) is 273 cm³/mol. The summed E-state index contributed by atoms with van der Waals surface area (Å²) in [5.41, 5.74) is 15.3. The molecule has 2 nitrogen and oxygen atoms in total. The number of benzene rings is 6. The number of rotatable bonds is 6. The minimum atomic E-state index is -5.58. The standard InChI is InChI=1S/2C28H25O.C2H6Si.2ClH.Zr/c2*1-18-9-10-20-15-22(27-24-8-6-5-7-21(24)17-29-27)16-25(20)26(18)19-11-13-23(14-12-19)28(2,3)4;1-3-2;;;/h2*5-17H,1-4H3;1-2H3;2*1H;/q;;;;;+2/p-2. The number of allylic oxidation sites excluding steroid dienone is 2. The maximum atomic E-state index is 9.20. The van der Waals surface area contributed by atoms with Crippen LogP contribution in [0.1, 0.15) is 105 Å². The van der Waals surface area contributed by atoms with Crippen LogP contribution in [0, 0.1) is 13.8 Å². The summed E-state index contributed by atoms with van der Waals surface area (Å²) in [6.07, 6.45) is 8.58. The van der Waals surface area contributed by atoms with Gasteiger partial charge in [0.1, 0.15) is 0 Å². The minimum absolute atomic E-state index is 0.0411. The number of hydrogen-bond donors (Lipinski definition) is 0. The number of aryl methyl sites for hydroxylation is 2. The van der Waals surface area contributed by atoms with Gasteiger partial charge in [0.15, 0.2) is 0 Å². The zero-order chi connectivity index (χ0) is 45.1. The van der Waals surface area contributed by atoms with Crippen molar-refractivity contribution in [2.45, 2.75) is 86.6 Å². The molecule has 0 bridgehead atoms. The summed E-state index contributed by atoms with van der Waals surface area (Å²) in [7, 11) is 18.4. The van der Waals surface area contributed by atoms with Crippen molar-refractivity contribution < 1.29 is 23.8 Å². The Kier molecular flexibility index (Phi) is 10.4. The number of furan rings is 2. The molecule has 2 aliphatic carbocycles. The SMILES string of the molecule is Cc1ccc2c(c1-c1ccc(C(C)(C)C)cc1)C=C(c1occ3ccccc13)[CH]2[Zr]([Cl])([Cl])([CH]1C(c2occ3ccccc23)=Cc2c1ccc(C)c2-c1ccc(C(C)(C)C)cc1)=[Si](C)C. The molecule has 322 valence electrons. The van der Waals surface area contributed by atoms with Gasteiger partial charge in [0, 0.05) is 0 Å². The molecule has 64 heavy (non-hydrogen) atoms. The van der Waals surface area contributed by atoms with Crippen LogP contribution in [0.2, 0.25) is 13.1 Å². The predicted octanol–water partition coefficient (Wildman–Crippen LogP) is 17.9. The van der Waals surface area contributed by atoms with E-state index in [-0.39, 0.29) is 18.1 Å². The van der Waals surface area contributed by atoms with Gasteiger partial charge in [-0.15, -0.1) is 0 Å². The van der Waals surface area contributed by atoms with Gasteiger partial charge in [0.25, 0.3) is 0 Å². The molecule has 2 atom stereocenters. The maximum absolute atomic E-state index is 9.20. The first-order chi connectivity index (χ1) is 30.4. The summed E-state index contributed by atoms with van der Waals surface area (Å²) in [6.45, 7) is 22.8. The van der Waals surface area contributed by atoms with Crippen molar-refractivity contribution >= 4 is 67.3 Å². The monoisotopic (exact) mass is 972 g/mol. The molecule has 0 spiro atoms. The second-order valence-electron chi connectivity index (χ2n) is 20.7. The number of hydrogen-bond acceptors (Lipinski definition) is 2. The second kappa shape index (κ2) is 15.3. The van der Waals surface area contributed by atoms with Crippen LogP contribution in [-0.4, -0.2) is 5.43 Å². The molecule has 0 amide bonds. The zero-order valence-corrected chi connectivity index (χ0v) is 43.6. The van der Waals surface area contributed by atoms with Gasteiger partial charge in [-0.2, -0.15) is 0 Å². The van der Waals surface area contributed by atoms with Crippen molar-refractivity contribution in [3.63, 3.8) is 0 Å². The molecule has 6 aromatic carbocycles. The van der Waals surface area contributed by atoms with E-state index in [1.807, 2.05) is 12.5 Å². The molecule has 8 aromatic rings. The average molecular weight is 975 g/mol. The Hall–Kier alpha value is -4.44. The fourth-order valence-electron chi connectivity index (χ4n) is 10.9. The molecular weight excluding hydrogens is 919 g/mol. The normalized spacial score (nSPS) is 16.6. The van der Waals surface area contributed by atoms with Gasteiger partial charge < -0.3 is 0 Å². The van der Waals surface area contributed by atoms with E-state index in [0.717, 1.165) is 44.2 Å². The van der Waals surface area contributed by atoms with E-state index < -0.39 is 20.4 Å². The van der Waals surface area contributed by atoms with Crippen LogP contribution in [0.25, 0.3) is 67.1 Å². The molecule has 2 aliphatic rings. The van der Waals surface area contributed by atoms with Crippen LogP contribution in [-0.2, 0) is 25.8 Å². The van der Waals surface area contributed by atoms with Gasteiger partial charge in [-0.3, -0.25) is 0 Å². The van der Waals surface area contributed by atoms with Gasteiger partial charge in [-0.25, -0.2) is 0 Å². The van der Waals surface area contributed by atoms with Crippen LogP contribution in [0.15, 0.2) is 143 Å². The summed E-state index contributed by atoms with van der Waals surface area (Å²) in [5.74, 6) is 1.70. The molecule has 2 unspecified atom stereocenters. The van der Waals surface area contributed by atoms with E-state index in [4.69, 9.17) is 8.83 Å². The topological polar surface area (TPSA) is 26.3 Å². The second-order valence-corrected chi connectivity index (χ2v) is 59.5. The van der Waals surface area contributed by atoms with Crippen molar-refractivity contribution in [3.05, 3.63) is 190 Å². The van der Waals surface area contributed by atoms with Gasteiger partial charge in [0.05, 0.1) is 0 Å². The molecule has 0 radical (unpaired) electrons. The fourth-order valence-corrected chi connectivity index (χ4v) is 38.5. The molecule has 0 fully saturated rings. The molecule has 0 saturated heterocycles. The first-order valence-electron chi connectivity index (χ1n) is 22.6. The molecular formula is C58H56Cl2O2SiZr. The van der Waals surface area contributed by atoms with Crippen molar-refractivity contribution in [3.8, 4) is 22.3 Å². The van der Waals surface area contributed by atoms with E-state index >= 15 is 0 Å². The summed E-state index contributed by atoms with van der Waals surface area (Å²) < 4.78 is 12.9.